The summed E-state index contributed by atoms with van der Waals surface area (Å²) in [5.41, 5.74) is 6.13. The fourth-order valence-electron chi connectivity index (χ4n) is 1.08. The van der Waals surface area contributed by atoms with Gasteiger partial charge in [-0.3, -0.25) is 0 Å². The van der Waals surface area contributed by atoms with Crippen LogP contribution in [0.4, 0.5) is 0 Å². The van der Waals surface area contributed by atoms with Crippen molar-refractivity contribution in [1.82, 2.24) is 9.78 Å². The largest absolute Gasteiger partial charge is 0.493 e. The fourth-order valence-corrected chi connectivity index (χ4v) is 1.21. The van der Waals surface area contributed by atoms with Crippen LogP contribution in [0.1, 0.15) is 25.3 Å². The van der Waals surface area contributed by atoms with Crippen molar-refractivity contribution < 1.29 is 5.11 Å². The zero-order chi connectivity index (χ0) is 9.84. The van der Waals surface area contributed by atoms with Crippen molar-refractivity contribution in [1.29, 1.82) is 0 Å². The van der Waals surface area contributed by atoms with Crippen LogP contribution in [0.2, 0.25) is 0 Å². The van der Waals surface area contributed by atoms with Crippen LogP contribution in [0.5, 0.6) is 5.88 Å². The molecule has 5 heteroatoms. The van der Waals surface area contributed by atoms with E-state index in [1.807, 2.05) is 0 Å². The lowest BCUT2D eigenvalue weighted by atomic mass is 10.1. The molecule has 0 atom stereocenters. The summed E-state index contributed by atoms with van der Waals surface area (Å²) in [6, 6.07) is 0. The van der Waals surface area contributed by atoms with Gasteiger partial charge >= 0.3 is 0 Å². The highest BCUT2D eigenvalue weighted by Gasteiger charge is 2.09. The topological polar surface area (TPSA) is 64.1 Å². The van der Waals surface area contributed by atoms with E-state index >= 15 is 0 Å². The SMILES string of the molecule is CCCCc1cnn(C(N)=S)c1O. The van der Waals surface area contributed by atoms with Crippen molar-refractivity contribution in [2.45, 2.75) is 26.2 Å². The highest BCUT2D eigenvalue weighted by molar-refractivity contribution is 7.80. The van der Waals surface area contributed by atoms with Crippen LogP contribution in [0.3, 0.4) is 0 Å². The standard InChI is InChI=1S/C8H13N3OS/c1-2-3-4-6-5-10-11(7(6)12)8(9)13/h5,12H,2-4H2,1H3,(H2,9,13). The summed E-state index contributed by atoms with van der Waals surface area (Å²) in [6.07, 6.45) is 4.52. The zero-order valence-corrected chi connectivity index (χ0v) is 8.34. The van der Waals surface area contributed by atoms with Crippen LogP contribution in [0, 0.1) is 0 Å². The van der Waals surface area contributed by atoms with Gasteiger partial charge < -0.3 is 10.8 Å². The van der Waals surface area contributed by atoms with Gasteiger partial charge in [0.15, 0.2) is 5.11 Å². The number of unbranched alkanes of at least 4 members (excludes halogenated alkanes) is 1. The van der Waals surface area contributed by atoms with Crippen molar-refractivity contribution in [3.8, 4) is 5.88 Å². The Balaban J connectivity index is 2.80. The van der Waals surface area contributed by atoms with E-state index in [0.717, 1.165) is 24.8 Å². The Morgan fingerprint density at radius 2 is 2.46 bits per heavy atom. The third kappa shape index (κ3) is 2.18. The van der Waals surface area contributed by atoms with Gasteiger partial charge in [-0.25, -0.2) is 0 Å². The molecule has 0 spiro atoms. The summed E-state index contributed by atoms with van der Waals surface area (Å²) in [5, 5.41) is 13.5. The predicted molar refractivity (Wildman–Crippen MR) is 54.7 cm³/mol. The first-order valence-corrected chi connectivity index (χ1v) is 4.63. The summed E-state index contributed by atoms with van der Waals surface area (Å²) in [6.45, 7) is 2.09. The average Bonchev–Trinajstić information content (AvgIpc) is 2.43. The molecule has 0 aliphatic carbocycles. The minimum Gasteiger partial charge on any atom is -0.493 e. The zero-order valence-electron chi connectivity index (χ0n) is 7.53. The second kappa shape index (κ2) is 4.23. The minimum absolute atomic E-state index is 0.0697. The molecule has 4 nitrogen and oxygen atoms in total. The van der Waals surface area contributed by atoms with Gasteiger partial charge in [0.25, 0.3) is 0 Å². The quantitative estimate of drug-likeness (QED) is 0.713. The van der Waals surface area contributed by atoms with Gasteiger partial charge in [-0.2, -0.15) is 9.78 Å². The number of thiocarbonyl (C=S) groups is 1. The van der Waals surface area contributed by atoms with Gasteiger partial charge in [-0.1, -0.05) is 13.3 Å². The minimum atomic E-state index is 0.0697. The Morgan fingerprint density at radius 1 is 1.77 bits per heavy atom. The van der Waals surface area contributed by atoms with Crippen molar-refractivity contribution in [3.63, 3.8) is 0 Å². The maximum atomic E-state index is 9.56. The lowest BCUT2D eigenvalue weighted by Crippen LogP contribution is -2.19. The molecule has 72 valence electrons. The number of rotatable bonds is 3. The Kier molecular flexibility index (Phi) is 3.25. The lowest BCUT2D eigenvalue weighted by Gasteiger charge is -1.99. The third-order valence-corrected chi connectivity index (χ3v) is 2.00. The van der Waals surface area contributed by atoms with Crippen LogP contribution < -0.4 is 5.73 Å². The highest BCUT2D eigenvalue weighted by Crippen LogP contribution is 2.17. The van der Waals surface area contributed by atoms with Crippen molar-refractivity contribution in [2.75, 3.05) is 0 Å². The smallest absolute Gasteiger partial charge is 0.219 e. The van der Waals surface area contributed by atoms with Crippen LogP contribution in [-0.4, -0.2) is 20.0 Å². The van der Waals surface area contributed by atoms with E-state index in [-0.39, 0.29) is 11.0 Å². The second-order valence-corrected chi connectivity index (χ2v) is 3.27. The van der Waals surface area contributed by atoms with E-state index in [9.17, 15) is 5.11 Å². The van der Waals surface area contributed by atoms with E-state index in [2.05, 4.69) is 12.0 Å². The van der Waals surface area contributed by atoms with Crippen LogP contribution >= 0.6 is 12.2 Å². The van der Waals surface area contributed by atoms with E-state index in [1.165, 1.54) is 4.68 Å². The molecule has 1 aromatic heterocycles. The number of aromatic hydroxyl groups is 1. The Labute approximate surface area is 82.4 Å². The van der Waals surface area contributed by atoms with Gasteiger partial charge in [0, 0.05) is 5.56 Å². The monoisotopic (exact) mass is 199 g/mol. The molecule has 13 heavy (non-hydrogen) atoms. The van der Waals surface area contributed by atoms with Crippen LogP contribution in [-0.2, 0) is 6.42 Å². The Hall–Kier alpha value is -1.10. The molecule has 0 aromatic carbocycles. The van der Waals surface area contributed by atoms with Gasteiger partial charge in [-0.05, 0) is 25.1 Å². The molecule has 0 fully saturated rings. The molecule has 1 rings (SSSR count). The molecule has 0 aliphatic rings. The van der Waals surface area contributed by atoms with E-state index in [0.29, 0.717) is 0 Å². The highest BCUT2D eigenvalue weighted by atomic mass is 32.1. The molecular weight excluding hydrogens is 186 g/mol. The molecule has 0 amide bonds. The van der Waals surface area contributed by atoms with Crippen LogP contribution in [0.15, 0.2) is 6.20 Å². The van der Waals surface area contributed by atoms with Crippen molar-refractivity contribution >= 4 is 17.3 Å². The maximum Gasteiger partial charge on any atom is 0.219 e. The molecule has 0 radical (unpaired) electrons. The summed E-state index contributed by atoms with van der Waals surface area (Å²) in [7, 11) is 0. The predicted octanol–water partition coefficient (Wildman–Crippen LogP) is 1.02. The molecule has 1 heterocycles. The summed E-state index contributed by atoms with van der Waals surface area (Å²) in [4.78, 5) is 0. The maximum absolute atomic E-state index is 9.56. The van der Waals surface area contributed by atoms with Gasteiger partial charge in [0.05, 0.1) is 6.20 Å². The molecule has 1 aromatic rings. The molecule has 3 N–H and O–H groups in total. The molecule has 0 unspecified atom stereocenters. The number of hydrogen-bond acceptors (Lipinski definition) is 3. The van der Waals surface area contributed by atoms with Crippen molar-refractivity contribution in [2.24, 2.45) is 5.73 Å². The summed E-state index contributed by atoms with van der Waals surface area (Å²) >= 11 is 4.69. The summed E-state index contributed by atoms with van der Waals surface area (Å²) in [5.74, 6) is 0.0703. The van der Waals surface area contributed by atoms with Crippen molar-refractivity contribution in [3.05, 3.63) is 11.8 Å². The first-order valence-electron chi connectivity index (χ1n) is 4.22. The van der Waals surface area contributed by atoms with E-state index in [4.69, 9.17) is 18.0 Å². The molecule has 0 saturated carbocycles. The molecule has 0 saturated heterocycles. The Bertz CT molecular complexity index is 308. The average molecular weight is 199 g/mol. The number of nitrogens with zero attached hydrogens (tertiary/aromatic N) is 2. The van der Waals surface area contributed by atoms with E-state index < -0.39 is 0 Å². The van der Waals surface area contributed by atoms with Gasteiger partial charge in [0.1, 0.15) is 0 Å². The van der Waals surface area contributed by atoms with Crippen LogP contribution in [0.25, 0.3) is 0 Å². The molecule has 0 aliphatic heterocycles. The number of aromatic nitrogens is 2. The second-order valence-electron chi connectivity index (χ2n) is 2.85. The summed E-state index contributed by atoms with van der Waals surface area (Å²) < 4.78 is 1.17. The first-order chi connectivity index (χ1) is 6.16. The number of nitrogens with two attached hydrogens (primary N) is 1. The van der Waals surface area contributed by atoms with Gasteiger partial charge in [-0.15, -0.1) is 0 Å². The number of aryl methyl sites for hydroxylation is 1. The Morgan fingerprint density at radius 3 is 2.92 bits per heavy atom. The third-order valence-electron chi connectivity index (χ3n) is 1.83. The van der Waals surface area contributed by atoms with E-state index in [1.54, 1.807) is 6.20 Å². The fraction of sp³-hybridized carbons (Fsp3) is 0.500. The lowest BCUT2D eigenvalue weighted by molar-refractivity contribution is 0.432. The molecule has 0 bridgehead atoms. The first kappa shape index (κ1) is 9.98. The molecular formula is C8H13N3OS. The number of hydrogen-bond donors (Lipinski definition) is 2. The normalized spacial score (nSPS) is 10.2. The van der Waals surface area contributed by atoms with Gasteiger partial charge in [0.2, 0.25) is 5.88 Å².